The number of carboxylic acid groups (broad SMARTS) is 1. The zero-order valence-corrected chi connectivity index (χ0v) is 15.6. The largest absolute Gasteiger partial charge is 0.481 e. The van der Waals surface area contributed by atoms with Crippen molar-refractivity contribution < 1.29 is 15.0 Å². The molecule has 0 bridgehead atoms. The van der Waals surface area contributed by atoms with E-state index in [1.54, 1.807) is 10.9 Å². The Morgan fingerprint density at radius 1 is 1.46 bits per heavy atom. The van der Waals surface area contributed by atoms with Crippen LogP contribution in [0.2, 0.25) is 5.02 Å². The summed E-state index contributed by atoms with van der Waals surface area (Å²) < 4.78 is 1.76. The summed E-state index contributed by atoms with van der Waals surface area (Å²) in [6.07, 6.45) is 4.58. The van der Waals surface area contributed by atoms with E-state index in [1.165, 1.54) is 0 Å². The van der Waals surface area contributed by atoms with Crippen LogP contribution in [-0.4, -0.2) is 50.1 Å². The van der Waals surface area contributed by atoms with E-state index in [-0.39, 0.29) is 0 Å². The first kappa shape index (κ1) is 18.9. The van der Waals surface area contributed by atoms with Gasteiger partial charge in [-0.15, -0.1) is 0 Å². The molecule has 140 valence electrons. The number of aliphatic carboxylic acids is 1. The van der Waals surface area contributed by atoms with Crippen molar-refractivity contribution in [1.29, 1.82) is 0 Å². The molecule has 0 aliphatic carbocycles. The second-order valence-electron chi connectivity index (χ2n) is 7.00. The topological polar surface area (TPSA) is 78.6 Å². The van der Waals surface area contributed by atoms with E-state index in [0.717, 1.165) is 17.7 Å². The number of carbonyl (C=O) groups is 1. The van der Waals surface area contributed by atoms with Crippen LogP contribution < -0.4 is 0 Å². The zero-order valence-electron chi connectivity index (χ0n) is 14.8. The predicted molar refractivity (Wildman–Crippen MR) is 99.5 cm³/mol. The van der Waals surface area contributed by atoms with Crippen molar-refractivity contribution in [3.63, 3.8) is 0 Å². The molecule has 0 saturated carbocycles. The summed E-state index contributed by atoms with van der Waals surface area (Å²) in [5, 5.41) is 25.1. The Labute approximate surface area is 158 Å². The fourth-order valence-corrected chi connectivity index (χ4v) is 3.95. The number of halogens is 1. The number of rotatable bonds is 6. The number of hydrogen-bond acceptors (Lipinski definition) is 4. The van der Waals surface area contributed by atoms with Crippen LogP contribution in [-0.2, 0) is 11.3 Å². The SMILES string of the molecule is CCC[C@@]1(C(=O)O)CN(Cc2cnn(-c3cccc(Cl)c3)c2)CC[C@H]1O. The molecule has 7 heteroatoms. The number of nitrogens with zero attached hydrogens (tertiary/aromatic N) is 3. The smallest absolute Gasteiger partial charge is 0.313 e. The maximum absolute atomic E-state index is 11.9. The van der Waals surface area contributed by atoms with Gasteiger partial charge in [0.2, 0.25) is 0 Å². The van der Waals surface area contributed by atoms with Gasteiger partial charge in [-0.1, -0.05) is 31.0 Å². The Balaban J connectivity index is 1.74. The van der Waals surface area contributed by atoms with E-state index in [1.807, 2.05) is 37.4 Å². The van der Waals surface area contributed by atoms with Gasteiger partial charge in [-0.25, -0.2) is 4.68 Å². The third-order valence-electron chi connectivity index (χ3n) is 5.10. The summed E-state index contributed by atoms with van der Waals surface area (Å²) in [7, 11) is 0. The number of aliphatic hydroxyl groups is 1. The van der Waals surface area contributed by atoms with E-state index >= 15 is 0 Å². The average molecular weight is 378 g/mol. The van der Waals surface area contributed by atoms with Crippen LogP contribution in [0.5, 0.6) is 0 Å². The summed E-state index contributed by atoms with van der Waals surface area (Å²) in [5.41, 5.74) is 0.788. The minimum atomic E-state index is -1.09. The molecular formula is C19H24ClN3O3. The van der Waals surface area contributed by atoms with Gasteiger partial charge in [0.15, 0.2) is 0 Å². The van der Waals surface area contributed by atoms with Gasteiger partial charge in [-0.05, 0) is 31.0 Å². The van der Waals surface area contributed by atoms with Crippen molar-refractivity contribution in [2.45, 2.75) is 38.8 Å². The van der Waals surface area contributed by atoms with Gasteiger partial charge in [0, 0.05) is 36.4 Å². The first-order valence-corrected chi connectivity index (χ1v) is 9.25. The number of carboxylic acids is 1. The summed E-state index contributed by atoms with van der Waals surface area (Å²) in [4.78, 5) is 14.0. The summed E-state index contributed by atoms with van der Waals surface area (Å²) in [6.45, 7) is 3.57. The minimum Gasteiger partial charge on any atom is -0.481 e. The molecule has 1 saturated heterocycles. The number of likely N-dealkylation sites (tertiary alicyclic amines) is 1. The van der Waals surface area contributed by atoms with Gasteiger partial charge in [-0.2, -0.15) is 5.10 Å². The van der Waals surface area contributed by atoms with Crippen molar-refractivity contribution in [1.82, 2.24) is 14.7 Å². The Morgan fingerprint density at radius 3 is 2.96 bits per heavy atom. The highest BCUT2D eigenvalue weighted by Gasteiger charge is 2.48. The molecule has 6 nitrogen and oxygen atoms in total. The third-order valence-corrected chi connectivity index (χ3v) is 5.33. The lowest BCUT2D eigenvalue weighted by atomic mass is 9.74. The van der Waals surface area contributed by atoms with Gasteiger partial charge in [-0.3, -0.25) is 9.69 Å². The lowest BCUT2D eigenvalue weighted by Crippen LogP contribution is -2.55. The zero-order chi connectivity index (χ0) is 18.7. The van der Waals surface area contributed by atoms with Crippen LogP contribution >= 0.6 is 11.6 Å². The summed E-state index contributed by atoms with van der Waals surface area (Å²) in [6, 6.07) is 7.45. The number of aliphatic hydroxyl groups excluding tert-OH is 1. The van der Waals surface area contributed by atoms with Crippen molar-refractivity contribution in [2.75, 3.05) is 13.1 Å². The molecule has 2 aromatic rings. The Bertz CT molecular complexity index is 779. The number of benzene rings is 1. The van der Waals surface area contributed by atoms with Crippen LogP contribution in [0.3, 0.4) is 0 Å². The summed E-state index contributed by atoms with van der Waals surface area (Å²) >= 11 is 6.03. The normalized spacial score (nSPS) is 23.9. The van der Waals surface area contributed by atoms with E-state index in [2.05, 4.69) is 10.00 Å². The van der Waals surface area contributed by atoms with Crippen molar-refractivity contribution in [3.05, 3.63) is 47.2 Å². The molecule has 1 aromatic heterocycles. The van der Waals surface area contributed by atoms with Crippen LogP contribution in [0.1, 0.15) is 31.7 Å². The highest BCUT2D eigenvalue weighted by molar-refractivity contribution is 6.30. The van der Waals surface area contributed by atoms with Crippen LogP contribution in [0.4, 0.5) is 0 Å². The maximum Gasteiger partial charge on any atom is 0.313 e. The van der Waals surface area contributed by atoms with Crippen LogP contribution in [0.25, 0.3) is 5.69 Å². The Kier molecular flexibility index (Phi) is 5.65. The lowest BCUT2D eigenvalue weighted by molar-refractivity contribution is -0.164. The molecule has 1 fully saturated rings. The molecule has 0 radical (unpaired) electrons. The average Bonchev–Trinajstić information content (AvgIpc) is 3.06. The monoisotopic (exact) mass is 377 g/mol. The standard InChI is InChI=1S/C19H24ClN3O3/c1-2-7-19(18(25)26)13-22(8-6-17(19)24)11-14-10-21-23(12-14)16-5-3-4-15(20)9-16/h3-5,9-10,12,17,24H,2,6-8,11,13H2,1H3,(H,25,26)/t17-,19-/m1/s1. The third kappa shape index (κ3) is 3.77. The van der Waals surface area contributed by atoms with Crippen LogP contribution in [0, 0.1) is 5.41 Å². The van der Waals surface area contributed by atoms with E-state index in [4.69, 9.17) is 11.6 Å². The van der Waals surface area contributed by atoms with Crippen molar-refractivity contribution in [2.24, 2.45) is 5.41 Å². The molecule has 0 amide bonds. The van der Waals surface area contributed by atoms with E-state index < -0.39 is 17.5 Å². The molecule has 0 spiro atoms. The first-order chi connectivity index (χ1) is 12.4. The molecule has 2 heterocycles. The molecule has 26 heavy (non-hydrogen) atoms. The first-order valence-electron chi connectivity index (χ1n) is 8.88. The molecule has 0 unspecified atom stereocenters. The minimum absolute atomic E-state index is 0.347. The Hall–Kier alpha value is -1.89. The molecule has 1 aliphatic heterocycles. The molecule has 1 aliphatic rings. The second kappa shape index (κ2) is 7.78. The molecule has 3 rings (SSSR count). The maximum atomic E-state index is 11.9. The highest BCUT2D eigenvalue weighted by Crippen LogP contribution is 2.36. The number of aromatic nitrogens is 2. The highest BCUT2D eigenvalue weighted by atomic mass is 35.5. The van der Waals surface area contributed by atoms with Gasteiger partial charge in [0.05, 0.1) is 18.0 Å². The Morgan fingerprint density at radius 2 is 2.27 bits per heavy atom. The lowest BCUT2D eigenvalue weighted by Gasteiger charge is -2.43. The van der Waals surface area contributed by atoms with E-state index in [9.17, 15) is 15.0 Å². The van der Waals surface area contributed by atoms with Gasteiger partial charge in [0.25, 0.3) is 0 Å². The van der Waals surface area contributed by atoms with Gasteiger partial charge in [0.1, 0.15) is 5.41 Å². The number of hydrogen-bond donors (Lipinski definition) is 2. The quantitative estimate of drug-likeness (QED) is 0.809. The van der Waals surface area contributed by atoms with Gasteiger partial charge >= 0.3 is 5.97 Å². The molecule has 2 N–H and O–H groups in total. The van der Waals surface area contributed by atoms with Crippen LogP contribution in [0.15, 0.2) is 36.7 Å². The molecule has 1 aromatic carbocycles. The van der Waals surface area contributed by atoms with E-state index in [0.29, 0.717) is 37.5 Å². The fourth-order valence-electron chi connectivity index (χ4n) is 3.77. The molecule has 2 atom stereocenters. The predicted octanol–water partition coefficient (Wildman–Crippen LogP) is 2.96. The molecular weight excluding hydrogens is 354 g/mol. The number of piperidine rings is 1. The van der Waals surface area contributed by atoms with Gasteiger partial charge < -0.3 is 10.2 Å². The fraction of sp³-hybridized carbons (Fsp3) is 0.474. The van der Waals surface area contributed by atoms with Crippen molar-refractivity contribution in [3.8, 4) is 5.69 Å². The summed E-state index contributed by atoms with van der Waals surface area (Å²) in [5.74, 6) is -0.911. The second-order valence-corrected chi connectivity index (χ2v) is 7.44. The van der Waals surface area contributed by atoms with Crippen molar-refractivity contribution >= 4 is 17.6 Å².